The third kappa shape index (κ3) is 3.11. The minimum absolute atomic E-state index is 0.150. The van der Waals surface area contributed by atoms with E-state index < -0.39 is 0 Å². The van der Waals surface area contributed by atoms with Crippen LogP contribution in [0, 0.1) is 0 Å². The van der Waals surface area contributed by atoms with Gasteiger partial charge in [0.05, 0.1) is 18.6 Å². The summed E-state index contributed by atoms with van der Waals surface area (Å²) in [5.41, 5.74) is 0. The van der Waals surface area contributed by atoms with E-state index in [0.29, 0.717) is 18.5 Å². The molecule has 1 N–H and O–H groups in total. The van der Waals surface area contributed by atoms with Crippen LogP contribution in [-0.2, 0) is 4.74 Å². The predicted octanol–water partition coefficient (Wildman–Crippen LogP) is 0.0798. The Labute approximate surface area is 125 Å². The first-order valence-electron chi connectivity index (χ1n) is 7.66. The molecule has 3 atom stereocenters. The lowest BCUT2D eigenvalue weighted by molar-refractivity contribution is 0.0516. The SMILES string of the molecule is CNC1CCOCC1c1nc(C2CN(C)CCN2C)no1. The first-order valence-corrected chi connectivity index (χ1v) is 7.66. The van der Waals surface area contributed by atoms with E-state index in [-0.39, 0.29) is 12.0 Å². The Bertz CT molecular complexity index is 449. The van der Waals surface area contributed by atoms with Crippen LogP contribution in [0.4, 0.5) is 0 Å². The molecule has 0 saturated carbocycles. The molecule has 1 aromatic rings. The van der Waals surface area contributed by atoms with Gasteiger partial charge in [-0.25, -0.2) is 0 Å². The predicted molar refractivity (Wildman–Crippen MR) is 78.2 cm³/mol. The molecule has 1 aromatic heterocycles. The van der Waals surface area contributed by atoms with E-state index in [1.54, 1.807) is 0 Å². The van der Waals surface area contributed by atoms with Gasteiger partial charge < -0.3 is 19.5 Å². The van der Waals surface area contributed by atoms with Crippen molar-refractivity contribution < 1.29 is 9.26 Å². The monoisotopic (exact) mass is 295 g/mol. The average Bonchev–Trinajstić information content (AvgIpc) is 2.99. The zero-order valence-electron chi connectivity index (χ0n) is 13.1. The number of nitrogens with zero attached hydrogens (tertiary/aromatic N) is 4. The molecule has 3 heterocycles. The zero-order chi connectivity index (χ0) is 14.8. The van der Waals surface area contributed by atoms with Gasteiger partial charge in [-0.05, 0) is 27.6 Å². The van der Waals surface area contributed by atoms with E-state index in [4.69, 9.17) is 9.26 Å². The van der Waals surface area contributed by atoms with Gasteiger partial charge in [0.25, 0.3) is 0 Å². The summed E-state index contributed by atoms with van der Waals surface area (Å²) in [6, 6.07) is 0.553. The fourth-order valence-corrected chi connectivity index (χ4v) is 3.15. The van der Waals surface area contributed by atoms with E-state index >= 15 is 0 Å². The van der Waals surface area contributed by atoms with Crippen molar-refractivity contribution in [1.29, 1.82) is 0 Å². The number of likely N-dealkylation sites (N-methyl/N-ethyl adjacent to an activating group) is 3. The minimum atomic E-state index is 0.150. The van der Waals surface area contributed by atoms with Gasteiger partial charge in [0.15, 0.2) is 5.82 Å². The largest absolute Gasteiger partial charge is 0.381 e. The van der Waals surface area contributed by atoms with E-state index in [2.05, 4.69) is 39.4 Å². The third-order valence-corrected chi connectivity index (χ3v) is 4.65. The van der Waals surface area contributed by atoms with Crippen molar-refractivity contribution in [1.82, 2.24) is 25.3 Å². The molecule has 0 aromatic carbocycles. The van der Waals surface area contributed by atoms with Crippen LogP contribution in [-0.4, -0.2) is 80.0 Å². The summed E-state index contributed by atoms with van der Waals surface area (Å²) in [6.45, 7) is 4.48. The number of rotatable bonds is 3. The molecule has 3 unspecified atom stereocenters. The van der Waals surface area contributed by atoms with Gasteiger partial charge in [-0.3, -0.25) is 4.90 Å². The van der Waals surface area contributed by atoms with Crippen LogP contribution in [0.2, 0.25) is 0 Å². The standard InChI is InChI=1S/C14H25N5O2/c1-15-11-4-7-20-9-10(11)14-16-13(17-21-14)12-8-18(2)5-6-19(12)3/h10-12,15H,4-9H2,1-3H3. The number of nitrogens with one attached hydrogen (secondary N) is 1. The van der Waals surface area contributed by atoms with Crippen molar-refractivity contribution in [3.63, 3.8) is 0 Å². The molecule has 2 aliphatic heterocycles. The fraction of sp³-hybridized carbons (Fsp3) is 0.857. The molecule has 0 amide bonds. The van der Waals surface area contributed by atoms with Gasteiger partial charge in [-0.2, -0.15) is 4.98 Å². The van der Waals surface area contributed by atoms with Crippen molar-refractivity contribution >= 4 is 0 Å². The summed E-state index contributed by atoms with van der Waals surface area (Å²) < 4.78 is 11.1. The number of aromatic nitrogens is 2. The molecule has 21 heavy (non-hydrogen) atoms. The summed E-state index contributed by atoms with van der Waals surface area (Å²) in [6.07, 6.45) is 0.977. The fourth-order valence-electron chi connectivity index (χ4n) is 3.15. The summed E-state index contributed by atoms with van der Waals surface area (Å²) in [5.74, 6) is 1.64. The van der Waals surface area contributed by atoms with Crippen molar-refractivity contribution in [3.8, 4) is 0 Å². The maximum Gasteiger partial charge on any atom is 0.233 e. The van der Waals surface area contributed by atoms with E-state index in [1.165, 1.54) is 0 Å². The normalized spacial score (nSPS) is 32.4. The summed E-state index contributed by atoms with van der Waals surface area (Å²) in [5, 5.41) is 7.56. The lowest BCUT2D eigenvalue weighted by Crippen LogP contribution is -2.45. The lowest BCUT2D eigenvalue weighted by atomic mass is 9.96. The molecule has 3 rings (SSSR count). The highest BCUT2D eigenvalue weighted by molar-refractivity contribution is 5.04. The Morgan fingerprint density at radius 2 is 2.14 bits per heavy atom. The Morgan fingerprint density at radius 1 is 1.29 bits per heavy atom. The van der Waals surface area contributed by atoms with Gasteiger partial charge in [0.2, 0.25) is 5.89 Å². The van der Waals surface area contributed by atoms with Crippen LogP contribution >= 0.6 is 0 Å². The van der Waals surface area contributed by atoms with Crippen molar-refractivity contribution in [2.24, 2.45) is 0 Å². The smallest absolute Gasteiger partial charge is 0.233 e. The number of piperazine rings is 1. The molecular weight excluding hydrogens is 270 g/mol. The van der Waals surface area contributed by atoms with Crippen LogP contribution < -0.4 is 5.32 Å². The Hall–Kier alpha value is -1.02. The van der Waals surface area contributed by atoms with Crippen LogP contribution in [0.25, 0.3) is 0 Å². The number of hydrogen-bond acceptors (Lipinski definition) is 7. The first-order chi connectivity index (χ1) is 10.2. The molecular formula is C14H25N5O2. The molecule has 7 nitrogen and oxygen atoms in total. The molecule has 0 aliphatic carbocycles. The molecule has 2 saturated heterocycles. The molecule has 118 valence electrons. The Kier molecular flexibility index (Phi) is 4.54. The van der Waals surface area contributed by atoms with Crippen molar-refractivity contribution in [2.45, 2.75) is 24.4 Å². The van der Waals surface area contributed by atoms with E-state index in [1.807, 2.05) is 7.05 Å². The number of hydrogen-bond donors (Lipinski definition) is 1. The van der Waals surface area contributed by atoms with Gasteiger partial charge in [0.1, 0.15) is 0 Å². The highest BCUT2D eigenvalue weighted by atomic mass is 16.5. The van der Waals surface area contributed by atoms with Crippen LogP contribution in [0.3, 0.4) is 0 Å². The average molecular weight is 295 g/mol. The summed E-state index contributed by atoms with van der Waals surface area (Å²) >= 11 is 0. The highest BCUT2D eigenvalue weighted by Crippen LogP contribution is 2.27. The quantitative estimate of drug-likeness (QED) is 0.847. The topological polar surface area (TPSA) is 66.7 Å². The lowest BCUT2D eigenvalue weighted by Gasteiger charge is -2.35. The van der Waals surface area contributed by atoms with Crippen molar-refractivity contribution in [2.75, 3.05) is 54.0 Å². The molecule has 7 heteroatoms. The molecule has 2 fully saturated rings. The second-order valence-electron chi connectivity index (χ2n) is 6.11. The molecule has 0 radical (unpaired) electrons. The van der Waals surface area contributed by atoms with Gasteiger partial charge in [0, 0.05) is 32.3 Å². The van der Waals surface area contributed by atoms with Crippen molar-refractivity contribution in [3.05, 3.63) is 11.7 Å². The van der Waals surface area contributed by atoms with Gasteiger partial charge >= 0.3 is 0 Å². The summed E-state index contributed by atoms with van der Waals surface area (Å²) in [4.78, 5) is 9.27. The van der Waals surface area contributed by atoms with E-state index in [9.17, 15) is 0 Å². The maximum absolute atomic E-state index is 5.58. The second-order valence-corrected chi connectivity index (χ2v) is 6.11. The zero-order valence-corrected chi connectivity index (χ0v) is 13.1. The molecule has 2 aliphatic rings. The summed E-state index contributed by atoms with van der Waals surface area (Å²) in [7, 11) is 6.23. The Balaban J connectivity index is 1.76. The minimum Gasteiger partial charge on any atom is -0.381 e. The maximum atomic E-state index is 5.58. The highest BCUT2D eigenvalue weighted by Gasteiger charge is 2.33. The van der Waals surface area contributed by atoms with Gasteiger partial charge in [-0.15, -0.1) is 0 Å². The number of ether oxygens (including phenoxy) is 1. The van der Waals surface area contributed by atoms with Crippen LogP contribution in [0.1, 0.15) is 30.1 Å². The van der Waals surface area contributed by atoms with E-state index in [0.717, 1.165) is 38.5 Å². The molecule has 0 spiro atoms. The second kappa shape index (κ2) is 6.39. The van der Waals surface area contributed by atoms with Gasteiger partial charge in [-0.1, -0.05) is 5.16 Å². The Morgan fingerprint density at radius 3 is 2.95 bits per heavy atom. The van der Waals surface area contributed by atoms with Crippen LogP contribution in [0.5, 0.6) is 0 Å². The van der Waals surface area contributed by atoms with Crippen LogP contribution in [0.15, 0.2) is 4.52 Å². The first kappa shape index (κ1) is 14.9. The molecule has 0 bridgehead atoms. The third-order valence-electron chi connectivity index (χ3n) is 4.65.